The number of ether oxygens (including phenoxy) is 1. The van der Waals surface area contributed by atoms with Crippen molar-refractivity contribution in [3.05, 3.63) is 53.1 Å². The summed E-state index contributed by atoms with van der Waals surface area (Å²) in [6, 6.07) is 6.29. The van der Waals surface area contributed by atoms with E-state index in [-0.39, 0.29) is 18.4 Å². The molecule has 0 aliphatic carbocycles. The van der Waals surface area contributed by atoms with Gasteiger partial charge in [-0.1, -0.05) is 12.1 Å². The van der Waals surface area contributed by atoms with E-state index in [1.165, 1.54) is 5.56 Å². The molecule has 1 N–H and O–H groups in total. The average Bonchev–Trinajstić information content (AvgIpc) is 2.83. The van der Waals surface area contributed by atoms with Crippen molar-refractivity contribution in [2.45, 2.75) is 19.5 Å². The zero-order chi connectivity index (χ0) is 12.5. The molecule has 0 spiro atoms. The van der Waals surface area contributed by atoms with Gasteiger partial charge in [-0.15, -0.1) is 12.4 Å². The van der Waals surface area contributed by atoms with Crippen molar-refractivity contribution in [3.63, 3.8) is 0 Å². The molecule has 0 unspecified atom stereocenters. The third-order valence-corrected chi connectivity index (χ3v) is 3.47. The van der Waals surface area contributed by atoms with E-state index >= 15 is 0 Å². The predicted molar refractivity (Wildman–Crippen MR) is 75.7 cm³/mol. The highest BCUT2D eigenvalue weighted by atomic mass is 35.5. The summed E-state index contributed by atoms with van der Waals surface area (Å²) in [7, 11) is 1.70. The first kappa shape index (κ1) is 13.8. The van der Waals surface area contributed by atoms with E-state index in [1.54, 1.807) is 13.4 Å². The quantitative estimate of drug-likeness (QED) is 0.916. The molecule has 5 heteroatoms. The SMILES string of the molecule is COc1cccc([C@H]2NCc3ncncc32)c1C.Cl. The van der Waals surface area contributed by atoms with Gasteiger partial charge in [0.15, 0.2) is 0 Å². The predicted octanol–water partition coefficient (Wildman–Crippen LogP) is 2.41. The minimum atomic E-state index is 0. The molecule has 19 heavy (non-hydrogen) atoms. The van der Waals surface area contributed by atoms with Crippen molar-refractivity contribution < 1.29 is 4.74 Å². The van der Waals surface area contributed by atoms with Crippen LogP contribution in [-0.2, 0) is 6.54 Å². The van der Waals surface area contributed by atoms with Crippen LogP contribution >= 0.6 is 12.4 Å². The number of rotatable bonds is 2. The Kier molecular flexibility index (Phi) is 4.02. The molecule has 2 aromatic rings. The van der Waals surface area contributed by atoms with Crippen LogP contribution in [0.15, 0.2) is 30.7 Å². The van der Waals surface area contributed by atoms with Crippen molar-refractivity contribution in [2.24, 2.45) is 0 Å². The maximum Gasteiger partial charge on any atom is 0.122 e. The molecule has 0 bridgehead atoms. The highest BCUT2D eigenvalue weighted by Crippen LogP contribution is 2.33. The number of aromatic nitrogens is 2. The Balaban J connectivity index is 0.00000133. The van der Waals surface area contributed by atoms with Crippen LogP contribution in [0.3, 0.4) is 0 Å². The summed E-state index contributed by atoms with van der Waals surface area (Å²) >= 11 is 0. The van der Waals surface area contributed by atoms with E-state index in [1.807, 2.05) is 18.3 Å². The summed E-state index contributed by atoms with van der Waals surface area (Å²) < 4.78 is 5.37. The van der Waals surface area contributed by atoms with E-state index in [0.29, 0.717) is 0 Å². The number of hydrogen-bond acceptors (Lipinski definition) is 4. The number of methoxy groups -OCH3 is 1. The fourth-order valence-corrected chi connectivity index (χ4v) is 2.51. The molecule has 1 aliphatic rings. The second-order valence-corrected chi connectivity index (χ2v) is 4.41. The highest BCUT2D eigenvalue weighted by molar-refractivity contribution is 5.85. The van der Waals surface area contributed by atoms with E-state index in [0.717, 1.165) is 29.1 Å². The van der Waals surface area contributed by atoms with E-state index in [2.05, 4.69) is 28.3 Å². The molecule has 0 saturated heterocycles. The first-order valence-electron chi connectivity index (χ1n) is 5.97. The van der Waals surface area contributed by atoms with Crippen molar-refractivity contribution in [2.75, 3.05) is 7.11 Å². The van der Waals surface area contributed by atoms with Crippen LogP contribution in [0.1, 0.15) is 28.4 Å². The summed E-state index contributed by atoms with van der Waals surface area (Å²) in [6.07, 6.45) is 3.49. The van der Waals surface area contributed by atoms with Gasteiger partial charge in [-0.2, -0.15) is 0 Å². The van der Waals surface area contributed by atoms with Gasteiger partial charge in [0, 0.05) is 18.3 Å². The molecule has 0 saturated carbocycles. The number of benzene rings is 1. The number of fused-ring (bicyclic) bond motifs is 1. The minimum absolute atomic E-state index is 0. The average molecular weight is 278 g/mol. The first-order chi connectivity index (χ1) is 8.81. The fourth-order valence-electron chi connectivity index (χ4n) is 2.51. The first-order valence-corrected chi connectivity index (χ1v) is 5.97. The number of hydrogen-bond donors (Lipinski definition) is 1. The van der Waals surface area contributed by atoms with Crippen LogP contribution in [0.2, 0.25) is 0 Å². The van der Waals surface area contributed by atoms with Crippen LogP contribution in [0, 0.1) is 6.92 Å². The molecule has 0 radical (unpaired) electrons. The number of nitrogens with one attached hydrogen (secondary N) is 1. The van der Waals surface area contributed by atoms with E-state index in [9.17, 15) is 0 Å². The molecular weight excluding hydrogens is 262 g/mol. The molecule has 100 valence electrons. The standard InChI is InChI=1S/C14H15N3O.ClH/c1-9-10(4-3-5-13(9)18-2)14-11-6-15-8-17-12(11)7-16-14;/h3-6,8,14,16H,7H2,1-2H3;1H/t14-;/m1./s1. The molecule has 0 fully saturated rings. The van der Waals surface area contributed by atoms with Gasteiger partial charge in [0.25, 0.3) is 0 Å². The lowest BCUT2D eigenvalue weighted by Crippen LogP contribution is -2.14. The second-order valence-electron chi connectivity index (χ2n) is 4.41. The minimum Gasteiger partial charge on any atom is -0.496 e. The maximum absolute atomic E-state index is 5.37. The van der Waals surface area contributed by atoms with Crippen LogP contribution in [0.25, 0.3) is 0 Å². The summed E-state index contributed by atoms with van der Waals surface area (Å²) in [6.45, 7) is 2.87. The highest BCUT2D eigenvalue weighted by Gasteiger charge is 2.26. The molecule has 2 heterocycles. The Morgan fingerprint density at radius 1 is 1.32 bits per heavy atom. The summed E-state index contributed by atoms with van der Waals surface area (Å²) in [5, 5.41) is 3.47. The van der Waals surface area contributed by atoms with Gasteiger partial charge in [-0.3, -0.25) is 0 Å². The summed E-state index contributed by atoms with van der Waals surface area (Å²) in [5.74, 6) is 0.916. The Bertz CT molecular complexity index is 589. The third kappa shape index (κ3) is 2.29. The zero-order valence-electron chi connectivity index (χ0n) is 10.9. The van der Waals surface area contributed by atoms with Crippen molar-refractivity contribution >= 4 is 12.4 Å². The van der Waals surface area contributed by atoms with Crippen molar-refractivity contribution in [3.8, 4) is 5.75 Å². The molecule has 3 rings (SSSR count). The third-order valence-electron chi connectivity index (χ3n) is 3.47. The molecule has 0 amide bonds. The van der Waals surface area contributed by atoms with E-state index in [4.69, 9.17) is 4.74 Å². The van der Waals surface area contributed by atoms with Gasteiger partial charge in [0.2, 0.25) is 0 Å². The largest absolute Gasteiger partial charge is 0.496 e. The smallest absolute Gasteiger partial charge is 0.122 e. The molecule has 4 nitrogen and oxygen atoms in total. The van der Waals surface area contributed by atoms with Gasteiger partial charge in [0.05, 0.1) is 18.8 Å². The fraction of sp³-hybridized carbons (Fsp3) is 0.286. The molecule has 1 aromatic carbocycles. The summed E-state index contributed by atoms with van der Waals surface area (Å²) in [4.78, 5) is 8.42. The Morgan fingerprint density at radius 2 is 2.16 bits per heavy atom. The molecular formula is C14H16ClN3O. The second kappa shape index (κ2) is 5.55. The number of halogens is 1. The zero-order valence-corrected chi connectivity index (χ0v) is 11.7. The lowest BCUT2D eigenvalue weighted by atomic mass is 9.97. The van der Waals surface area contributed by atoms with Gasteiger partial charge < -0.3 is 10.1 Å². The van der Waals surface area contributed by atoms with Gasteiger partial charge in [0.1, 0.15) is 12.1 Å². The lowest BCUT2D eigenvalue weighted by molar-refractivity contribution is 0.410. The Labute approximate surface area is 118 Å². The topological polar surface area (TPSA) is 47.0 Å². The summed E-state index contributed by atoms with van der Waals surface area (Å²) in [5.41, 5.74) is 4.63. The molecule has 1 aromatic heterocycles. The van der Waals surface area contributed by atoms with Crippen molar-refractivity contribution in [1.82, 2.24) is 15.3 Å². The van der Waals surface area contributed by atoms with Crippen LogP contribution in [-0.4, -0.2) is 17.1 Å². The monoisotopic (exact) mass is 277 g/mol. The van der Waals surface area contributed by atoms with Gasteiger partial charge in [-0.25, -0.2) is 9.97 Å². The van der Waals surface area contributed by atoms with Crippen LogP contribution in [0.5, 0.6) is 5.75 Å². The van der Waals surface area contributed by atoms with Crippen molar-refractivity contribution in [1.29, 1.82) is 0 Å². The normalized spacial score (nSPS) is 16.6. The maximum atomic E-state index is 5.37. The van der Waals surface area contributed by atoms with Gasteiger partial charge in [-0.05, 0) is 24.1 Å². The number of nitrogens with zero attached hydrogens (tertiary/aromatic N) is 2. The van der Waals surface area contributed by atoms with Crippen LogP contribution < -0.4 is 10.1 Å². The Hall–Kier alpha value is -1.65. The van der Waals surface area contributed by atoms with E-state index < -0.39 is 0 Å². The Morgan fingerprint density at radius 3 is 2.95 bits per heavy atom. The molecule has 1 aliphatic heterocycles. The molecule has 1 atom stereocenters. The lowest BCUT2D eigenvalue weighted by Gasteiger charge is -2.16. The van der Waals surface area contributed by atoms with Crippen LogP contribution in [0.4, 0.5) is 0 Å². The van der Waals surface area contributed by atoms with Gasteiger partial charge >= 0.3 is 0 Å².